The molecule has 1 aliphatic carbocycles. The van der Waals surface area contributed by atoms with Gasteiger partial charge in [0.1, 0.15) is 23.0 Å². The number of aromatic amines is 1. The van der Waals surface area contributed by atoms with Crippen LogP contribution in [0.2, 0.25) is 0 Å². The summed E-state index contributed by atoms with van der Waals surface area (Å²) >= 11 is 0. The number of furan rings is 1. The summed E-state index contributed by atoms with van der Waals surface area (Å²) < 4.78 is 59.4. The minimum absolute atomic E-state index is 0.199. The second-order valence-electron chi connectivity index (χ2n) is 8.66. The molecule has 0 amide bonds. The molecule has 0 unspecified atom stereocenters. The van der Waals surface area contributed by atoms with Crippen molar-refractivity contribution in [2.75, 3.05) is 23.8 Å². The predicted molar refractivity (Wildman–Crippen MR) is 129 cm³/mol. The summed E-state index contributed by atoms with van der Waals surface area (Å²) in [4.78, 5) is 7.54. The molecular formula is C25H25F2N3O3S. The van der Waals surface area contributed by atoms with Crippen LogP contribution in [0.3, 0.4) is 0 Å². The zero-order valence-electron chi connectivity index (χ0n) is 18.7. The van der Waals surface area contributed by atoms with E-state index in [0.717, 1.165) is 29.4 Å². The van der Waals surface area contributed by atoms with E-state index in [9.17, 15) is 17.2 Å². The van der Waals surface area contributed by atoms with Crippen molar-refractivity contribution in [1.82, 2.24) is 9.97 Å². The fraction of sp³-hybridized carbons (Fsp3) is 0.320. The van der Waals surface area contributed by atoms with Crippen molar-refractivity contribution in [2.24, 2.45) is 0 Å². The minimum Gasteiger partial charge on any atom is -0.455 e. The summed E-state index contributed by atoms with van der Waals surface area (Å²) in [6, 6.07) is 9.77. The first kappa shape index (κ1) is 22.6. The SMILES string of the molecule is CS(=O)(=O)N(CCCCF)c1cc2oc(-c3ccc(F)cc3)c(-c3ncc[nH]3)c2cc1C1CC1. The molecular weight excluding hydrogens is 460 g/mol. The molecule has 5 rings (SSSR count). The smallest absolute Gasteiger partial charge is 0.232 e. The molecule has 2 aromatic heterocycles. The van der Waals surface area contributed by atoms with Crippen molar-refractivity contribution in [3.05, 3.63) is 60.2 Å². The van der Waals surface area contributed by atoms with E-state index in [2.05, 4.69) is 9.97 Å². The molecule has 0 atom stereocenters. The highest BCUT2D eigenvalue weighted by Crippen LogP contribution is 2.49. The maximum Gasteiger partial charge on any atom is 0.232 e. The average Bonchev–Trinajstić information content (AvgIpc) is 3.37. The molecule has 34 heavy (non-hydrogen) atoms. The van der Waals surface area contributed by atoms with Gasteiger partial charge in [0.15, 0.2) is 0 Å². The molecule has 9 heteroatoms. The number of imidazole rings is 1. The molecule has 0 bridgehead atoms. The molecule has 2 heterocycles. The summed E-state index contributed by atoms with van der Waals surface area (Å²) in [6.45, 7) is -0.289. The Morgan fingerprint density at radius 1 is 1.18 bits per heavy atom. The van der Waals surface area contributed by atoms with E-state index in [1.54, 1.807) is 30.6 Å². The van der Waals surface area contributed by atoms with Crippen molar-refractivity contribution in [2.45, 2.75) is 31.6 Å². The van der Waals surface area contributed by atoms with Gasteiger partial charge in [-0.1, -0.05) is 0 Å². The van der Waals surface area contributed by atoms with E-state index in [1.165, 1.54) is 22.7 Å². The highest BCUT2D eigenvalue weighted by molar-refractivity contribution is 7.92. The number of nitrogens with one attached hydrogen (secondary N) is 1. The van der Waals surface area contributed by atoms with Gasteiger partial charge in [0.25, 0.3) is 0 Å². The Kier molecular flexibility index (Phi) is 5.89. The number of aromatic nitrogens is 2. The molecule has 0 saturated heterocycles. The molecule has 1 aliphatic rings. The normalized spacial score (nSPS) is 14.1. The highest BCUT2D eigenvalue weighted by Gasteiger charge is 2.32. The molecule has 1 N–H and O–H groups in total. The Labute approximate surface area is 196 Å². The molecule has 4 aromatic rings. The number of nitrogens with zero attached hydrogens (tertiary/aromatic N) is 2. The minimum atomic E-state index is -3.59. The van der Waals surface area contributed by atoms with Gasteiger partial charge >= 0.3 is 0 Å². The van der Waals surface area contributed by atoms with E-state index in [4.69, 9.17) is 4.42 Å². The lowest BCUT2D eigenvalue weighted by Crippen LogP contribution is -2.31. The summed E-state index contributed by atoms with van der Waals surface area (Å²) in [5.74, 6) is 1.02. The summed E-state index contributed by atoms with van der Waals surface area (Å²) in [5.41, 5.74) is 3.42. The number of rotatable bonds is 9. The summed E-state index contributed by atoms with van der Waals surface area (Å²) in [7, 11) is -3.59. The molecule has 0 aliphatic heterocycles. The van der Waals surface area contributed by atoms with Gasteiger partial charge in [-0.15, -0.1) is 0 Å². The monoisotopic (exact) mass is 485 g/mol. The van der Waals surface area contributed by atoms with E-state index in [1.807, 2.05) is 6.07 Å². The third kappa shape index (κ3) is 4.32. The van der Waals surface area contributed by atoms with Crippen molar-refractivity contribution >= 4 is 26.7 Å². The van der Waals surface area contributed by atoms with E-state index < -0.39 is 16.7 Å². The number of H-pyrrole nitrogens is 1. The Hall–Kier alpha value is -3.20. The van der Waals surface area contributed by atoms with Gasteiger partial charge in [0, 0.05) is 36.0 Å². The van der Waals surface area contributed by atoms with Crippen molar-refractivity contribution in [1.29, 1.82) is 0 Å². The maximum absolute atomic E-state index is 13.6. The fourth-order valence-corrected chi connectivity index (χ4v) is 5.32. The van der Waals surface area contributed by atoms with Crippen LogP contribution in [0.5, 0.6) is 0 Å². The van der Waals surface area contributed by atoms with Gasteiger partial charge in [-0.05, 0) is 67.5 Å². The lowest BCUT2D eigenvalue weighted by Gasteiger charge is -2.25. The van der Waals surface area contributed by atoms with Crippen LogP contribution in [0, 0.1) is 5.82 Å². The molecule has 0 spiro atoms. The Bertz CT molecular complexity index is 1410. The third-order valence-corrected chi connectivity index (χ3v) is 7.29. The second-order valence-corrected chi connectivity index (χ2v) is 10.6. The van der Waals surface area contributed by atoms with Crippen LogP contribution in [0.15, 0.2) is 53.2 Å². The van der Waals surface area contributed by atoms with Crippen molar-refractivity contribution in [3.8, 4) is 22.7 Å². The number of hydrogen-bond donors (Lipinski definition) is 1. The average molecular weight is 486 g/mol. The van der Waals surface area contributed by atoms with Crippen LogP contribution < -0.4 is 4.31 Å². The van der Waals surface area contributed by atoms with Gasteiger partial charge in [0.05, 0.1) is 24.2 Å². The zero-order valence-corrected chi connectivity index (χ0v) is 19.5. The first-order valence-electron chi connectivity index (χ1n) is 11.3. The van der Waals surface area contributed by atoms with Crippen LogP contribution in [-0.2, 0) is 10.0 Å². The topological polar surface area (TPSA) is 79.2 Å². The van der Waals surface area contributed by atoms with Gasteiger partial charge in [0.2, 0.25) is 10.0 Å². The predicted octanol–water partition coefficient (Wildman–Crippen LogP) is 6.02. The number of anilines is 1. The van der Waals surface area contributed by atoms with E-state index >= 15 is 0 Å². The fourth-order valence-electron chi connectivity index (χ4n) is 4.34. The molecule has 1 fully saturated rings. The summed E-state index contributed by atoms with van der Waals surface area (Å²) in [6.07, 6.45) is 7.19. The van der Waals surface area contributed by atoms with Crippen LogP contribution >= 0.6 is 0 Å². The van der Waals surface area contributed by atoms with Gasteiger partial charge in [-0.2, -0.15) is 0 Å². The van der Waals surface area contributed by atoms with Gasteiger partial charge in [-0.3, -0.25) is 8.70 Å². The van der Waals surface area contributed by atoms with Crippen LogP contribution in [0.25, 0.3) is 33.7 Å². The zero-order chi connectivity index (χ0) is 23.9. The quantitative estimate of drug-likeness (QED) is 0.294. The maximum atomic E-state index is 13.6. The van der Waals surface area contributed by atoms with Crippen LogP contribution in [0.4, 0.5) is 14.5 Å². The van der Waals surface area contributed by atoms with Crippen molar-refractivity contribution < 1.29 is 21.6 Å². The number of alkyl halides is 1. The number of fused-ring (bicyclic) bond motifs is 1. The number of halogens is 2. The Morgan fingerprint density at radius 3 is 2.56 bits per heavy atom. The molecule has 1 saturated carbocycles. The Morgan fingerprint density at radius 2 is 1.94 bits per heavy atom. The first-order valence-corrected chi connectivity index (χ1v) is 13.1. The van der Waals surface area contributed by atoms with Crippen LogP contribution in [-0.4, -0.2) is 37.9 Å². The summed E-state index contributed by atoms with van der Waals surface area (Å²) in [5, 5.41) is 0.803. The van der Waals surface area contributed by atoms with Gasteiger partial charge < -0.3 is 9.40 Å². The van der Waals surface area contributed by atoms with E-state index in [0.29, 0.717) is 41.3 Å². The number of benzene rings is 2. The first-order chi connectivity index (χ1) is 16.4. The van der Waals surface area contributed by atoms with Crippen LogP contribution in [0.1, 0.15) is 37.2 Å². The molecule has 0 radical (unpaired) electrons. The lowest BCUT2D eigenvalue weighted by atomic mass is 10.0. The largest absolute Gasteiger partial charge is 0.455 e. The molecule has 2 aromatic carbocycles. The van der Waals surface area contributed by atoms with E-state index in [-0.39, 0.29) is 18.3 Å². The highest BCUT2D eigenvalue weighted by atomic mass is 32.2. The number of hydrogen-bond acceptors (Lipinski definition) is 4. The third-order valence-electron chi connectivity index (χ3n) is 6.11. The number of unbranched alkanes of at least 4 members (excludes halogenated alkanes) is 1. The molecule has 6 nitrogen and oxygen atoms in total. The standard InChI is InChI=1S/C25H25F2N3O3S/c1-34(31,32)30(13-3-2-10-26)21-15-22-20(14-19(21)16-4-5-16)23(25-28-11-12-29-25)24(33-22)17-6-8-18(27)9-7-17/h6-9,11-12,14-16H,2-5,10,13H2,1H3,(H,28,29). The lowest BCUT2D eigenvalue weighted by molar-refractivity contribution is 0.464. The second kappa shape index (κ2) is 8.87. The number of sulfonamides is 1. The molecule has 178 valence electrons. The van der Waals surface area contributed by atoms with Gasteiger partial charge in [-0.25, -0.2) is 17.8 Å². The van der Waals surface area contributed by atoms with Crippen molar-refractivity contribution in [3.63, 3.8) is 0 Å². The Balaban J connectivity index is 1.73.